The first-order valence-electron chi connectivity index (χ1n) is 11.3. The van der Waals surface area contributed by atoms with Crippen LogP contribution in [-0.4, -0.2) is 88.3 Å². The van der Waals surface area contributed by atoms with E-state index in [1.807, 2.05) is 6.07 Å². The van der Waals surface area contributed by atoms with Gasteiger partial charge in [-0.25, -0.2) is 9.59 Å². The van der Waals surface area contributed by atoms with Gasteiger partial charge < -0.3 is 42.9 Å². The highest BCUT2D eigenvalue weighted by Crippen LogP contribution is 2.23. The van der Waals surface area contributed by atoms with Crippen LogP contribution in [0.2, 0.25) is 0 Å². The molecule has 0 unspecified atom stereocenters. The monoisotopic (exact) mass is 558 g/mol. The zero-order valence-electron chi connectivity index (χ0n) is 20.5. The van der Waals surface area contributed by atoms with E-state index in [1.165, 1.54) is 6.92 Å². The zero-order chi connectivity index (χ0) is 28.0. The molecule has 5 amide bonds. The number of aliphatic hydroxyl groups excluding tert-OH is 1. The molecule has 0 spiro atoms. The van der Waals surface area contributed by atoms with Crippen LogP contribution in [0.1, 0.15) is 19.4 Å². The number of primary amides is 1. The van der Waals surface area contributed by atoms with Crippen molar-refractivity contribution in [1.82, 2.24) is 21.3 Å². The molecular weight excluding hydrogens is 524 g/mol. The second-order valence-electron chi connectivity index (χ2n) is 7.94. The van der Waals surface area contributed by atoms with Gasteiger partial charge in [-0.3, -0.25) is 14.4 Å². The third kappa shape index (κ3) is 12.2. The van der Waals surface area contributed by atoms with Crippen LogP contribution in [0.15, 0.2) is 30.3 Å². The Morgan fingerprint density at radius 3 is 2.00 bits per heavy atom. The summed E-state index contributed by atoms with van der Waals surface area (Å²) in [4.78, 5) is 60.3. The van der Waals surface area contributed by atoms with Gasteiger partial charge in [-0.1, -0.05) is 51.9 Å². The van der Waals surface area contributed by atoms with E-state index in [0.29, 0.717) is 6.54 Å². The van der Waals surface area contributed by atoms with Gasteiger partial charge >= 0.3 is 12.0 Å². The van der Waals surface area contributed by atoms with Gasteiger partial charge in [-0.15, -0.1) is 0 Å². The Balaban J connectivity index is 2.73. The van der Waals surface area contributed by atoms with Crippen molar-refractivity contribution in [2.45, 2.75) is 50.5 Å². The fourth-order valence-electron chi connectivity index (χ4n) is 2.79. The largest absolute Gasteiger partial charge is 0.480 e. The maximum absolute atomic E-state index is 12.9. The Morgan fingerprint density at radius 2 is 1.49 bits per heavy atom. The van der Waals surface area contributed by atoms with Crippen molar-refractivity contribution < 1.29 is 34.2 Å². The third-order valence-electron chi connectivity index (χ3n) is 4.89. The van der Waals surface area contributed by atoms with Gasteiger partial charge in [0.2, 0.25) is 17.7 Å². The number of benzene rings is 1. The average molecular weight is 559 g/mol. The van der Waals surface area contributed by atoms with Gasteiger partial charge in [-0.05, 0) is 19.4 Å². The Kier molecular flexibility index (Phi) is 14.4. The van der Waals surface area contributed by atoms with E-state index >= 15 is 0 Å². The van der Waals surface area contributed by atoms with Crippen LogP contribution >= 0.6 is 21.6 Å². The van der Waals surface area contributed by atoms with Crippen molar-refractivity contribution in [3.63, 3.8) is 0 Å². The summed E-state index contributed by atoms with van der Waals surface area (Å²) in [6.45, 7) is 3.39. The van der Waals surface area contributed by atoms with Crippen molar-refractivity contribution in [1.29, 1.82) is 0 Å². The second kappa shape index (κ2) is 16.7. The minimum absolute atomic E-state index is 0.00156. The number of carbonyl (C=O) groups is 5. The highest BCUT2D eigenvalue weighted by atomic mass is 33.1. The van der Waals surface area contributed by atoms with E-state index in [-0.39, 0.29) is 17.9 Å². The summed E-state index contributed by atoms with van der Waals surface area (Å²) < 4.78 is 0. The number of hydrogen-bond acceptors (Lipinski definition) is 9. The number of carboxylic acid groups (broad SMARTS) is 1. The Morgan fingerprint density at radius 1 is 0.919 bits per heavy atom. The first-order chi connectivity index (χ1) is 17.5. The van der Waals surface area contributed by atoms with Gasteiger partial charge in [0, 0.05) is 24.5 Å². The third-order valence-corrected chi connectivity index (χ3v) is 7.31. The molecule has 0 heterocycles. The fraction of sp³-hybridized carbons (Fsp3) is 0.500. The molecule has 1 aromatic carbocycles. The summed E-state index contributed by atoms with van der Waals surface area (Å²) in [5.41, 5.74) is 11.7. The number of aliphatic hydroxyl groups is 1. The minimum Gasteiger partial charge on any atom is -0.480 e. The van der Waals surface area contributed by atoms with Gasteiger partial charge in [0.1, 0.15) is 24.2 Å². The lowest BCUT2D eigenvalue weighted by Crippen LogP contribution is -2.55. The topological polar surface area (TPSA) is 226 Å². The molecule has 0 aliphatic carbocycles. The SMILES string of the molecule is CCNC(=O)N[C@H](Cc1ccccc1)C(=O)N[C@@H](CSSC[C@H](NC(=O)[C@@H](N)[C@@H](C)O)C(=O)O)C(N)=O. The van der Waals surface area contributed by atoms with Crippen LogP contribution in [0.25, 0.3) is 0 Å². The molecule has 0 bridgehead atoms. The van der Waals surface area contributed by atoms with Gasteiger partial charge in [0.25, 0.3) is 0 Å². The zero-order valence-corrected chi connectivity index (χ0v) is 22.1. The van der Waals surface area contributed by atoms with E-state index < -0.39 is 60.0 Å². The van der Waals surface area contributed by atoms with E-state index in [9.17, 15) is 34.2 Å². The number of amides is 5. The van der Waals surface area contributed by atoms with Crippen LogP contribution in [0.5, 0.6) is 0 Å². The molecule has 1 aromatic rings. The van der Waals surface area contributed by atoms with Crippen LogP contribution < -0.4 is 32.7 Å². The van der Waals surface area contributed by atoms with Crippen LogP contribution in [0.3, 0.4) is 0 Å². The number of nitrogens with one attached hydrogen (secondary N) is 4. The van der Waals surface area contributed by atoms with E-state index in [0.717, 1.165) is 27.2 Å². The quantitative estimate of drug-likeness (QED) is 0.0869. The number of carboxylic acids is 1. The van der Waals surface area contributed by atoms with Crippen molar-refractivity contribution in [3.05, 3.63) is 35.9 Å². The average Bonchev–Trinajstić information content (AvgIpc) is 2.84. The lowest BCUT2D eigenvalue weighted by atomic mass is 10.0. The maximum atomic E-state index is 12.9. The molecule has 0 radical (unpaired) electrons. The standard InChI is InChI=1S/C22H34N6O7S2/c1-3-25-22(35)28-14(9-13-7-5-4-6-8-13)19(31)26-15(18(24)30)10-36-37-11-16(21(33)34)27-20(32)17(23)12(2)29/h4-8,12,14-17,29H,3,9-11,23H2,1-2H3,(H2,24,30)(H,26,31)(H,27,32)(H,33,34)(H2,25,28,35)/t12-,14-,15+,16+,17+/m1/s1. The summed E-state index contributed by atoms with van der Waals surface area (Å²) >= 11 is 0. The Labute approximate surface area is 222 Å². The van der Waals surface area contributed by atoms with Gasteiger partial charge in [-0.2, -0.15) is 0 Å². The molecule has 15 heteroatoms. The van der Waals surface area contributed by atoms with Gasteiger partial charge in [0.15, 0.2) is 0 Å². The molecule has 5 atom stereocenters. The summed E-state index contributed by atoms with van der Waals surface area (Å²) in [5.74, 6) is -3.65. The number of rotatable bonds is 16. The molecular formula is C22H34N6O7S2. The summed E-state index contributed by atoms with van der Waals surface area (Å²) in [6.07, 6.45) is -0.990. The predicted octanol–water partition coefficient (Wildman–Crippen LogP) is -1.45. The Hall–Kier alpha value is -3.01. The molecule has 0 aromatic heterocycles. The number of aliphatic carboxylic acids is 1. The molecule has 0 saturated heterocycles. The molecule has 206 valence electrons. The molecule has 1 rings (SSSR count). The molecule has 37 heavy (non-hydrogen) atoms. The van der Waals surface area contributed by atoms with E-state index in [4.69, 9.17) is 11.5 Å². The molecule has 10 N–H and O–H groups in total. The molecule has 0 saturated carbocycles. The highest BCUT2D eigenvalue weighted by molar-refractivity contribution is 8.76. The lowest BCUT2D eigenvalue weighted by Gasteiger charge is -2.22. The Bertz CT molecular complexity index is 922. The highest BCUT2D eigenvalue weighted by Gasteiger charge is 2.28. The van der Waals surface area contributed by atoms with Crippen molar-refractivity contribution in [2.75, 3.05) is 18.1 Å². The number of nitrogens with two attached hydrogens (primary N) is 2. The first kappa shape index (κ1) is 32.0. The molecule has 0 aliphatic rings. The minimum atomic E-state index is -1.31. The number of hydrogen-bond donors (Lipinski definition) is 8. The maximum Gasteiger partial charge on any atom is 0.327 e. The van der Waals surface area contributed by atoms with Gasteiger partial charge in [0.05, 0.1) is 6.10 Å². The predicted molar refractivity (Wildman–Crippen MR) is 141 cm³/mol. The lowest BCUT2D eigenvalue weighted by molar-refractivity contribution is -0.141. The summed E-state index contributed by atoms with van der Waals surface area (Å²) in [6, 6.07) is 3.76. The van der Waals surface area contributed by atoms with Crippen molar-refractivity contribution >= 4 is 51.3 Å². The molecule has 0 aliphatic heterocycles. The van der Waals surface area contributed by atoms with Crippen molar-refractivity contribution in [2.24, 2.45) is 11.5 Å². The first-order valence-corrected chi connectivity index (χ1v) is 13.8. The number of carbonyl (C=O) groups excluding carboxylic acids is 4. The molecule has 0 fully saturated rings. The molecule has 13 nitrogen and oxygen atoms in total. The number of urea groups is 1. The summed E-state index contributed by atoms with van der Waals surface area (Å²) in [7, 11) is 2.09. The fourth-order valence-corrected chi connectivity index (χ4v) is 5.12. The van der Waals surface area contributed by atoms with Crippen molar-refractivity contribution in [3.8, 4) is 0 Å². The second-order valence-corrected chi connectivity index (χ2v) is 10.5. The van der Waals surface area contributed by atoms with Crippen LogP contribution in [0.4, 0.5) is 4.79 Å². The normalized spacial score (nSPS) is 14.8. The van der Waals surface area contributed by atoms with E-state index in [2.05, 4.69) is 21.3 Å². The van der Waals surface area contributed by atoms with E-state index in [1.54, 1.807) is 31.2 Å². The summed E-state index contributed by atoms with van der Waals surface area (Å²) in [5, 5.41) is 28.6. The smallest absolute Gasteiger partial charge is 0.327 e. The van der Waals surface area contributed by atoms with Crippen LogP contribution in [0, 0.1) is 0 Å². The van der Waals surface area contributed by atoms with Crippen LogP contribution in [-0.2, 0) is 25.6 Å².